The fourth-order valence-electron chi connectivity index (χ4n) is 3.46. The highest BCUT2D eigenvalue weighted by Crippen LogP contribution is 2.34. The van der Waals surface area contributed by atoms with Gasteiger partial charge in [0.1, 0.15) is 11.9 Å². The zero-order valence-electron chi connectivity index (χ0n) is 18.0. The van der Waals surface area contributed by atoms with Gasteiger partial charge in [-0.3, -0.25) is 0 Å². The van der Waals surface area contributed by atoms with Crippen molar-refractivity contribution in [3.8, 4) is 5.75 Å². The number of amides is 1. The quantitative estimate of drug-likeness (QED) is 0.567. The molecule has 2 rings (SSSR count). The van der Waals surface area contributed by atoms with E-state index in [4.69, 9.17) is 4.74 Å². The van der Waals surface area contributed by atoms with Crippen molar-refractivity contribution >= 4 is 17.2 Å². The van der Waals surface area contributed by atoms with Crippen LogP contribution in [-0.2, 0) is 5.41 Å². The third kappa shape index (κ3) is 5.50. The molecule has 2 aromatic carbocycles. The summed E-state index contributed by atoms with van der Waals surface area (Å²) in [5, 5.41) is 11.8. The van der Waals surface area contributed by atoms with E-state index in [1.165, 1.54) is 0 Å². The van der Waals surface area contributed by atoms with Crippen molar-refractivity contribution in [3.63, 3.8) is 0 Å². The lowest BCUT2D eigenvalue weighted by Gasteiger charge is -2.39. The van der Waals surface area contributed by atoms with Crippen LogP contribution in [0.25, 0.3) is 11.1 Å². The van der Waals surface area contributed by atoms with Gasteiger partial charge in [-0.1, -0.05) is 74.5 Å². The average Bonchev–Trinajstić information content (AvgIpc) is 2.65. The van der Waals surface area contributed by atoms with E-state index in [0.29, 0.717) is 5.75 Å². The van der Waals surface area contributed by atoms with Gasteiger partial charge < -0.3 is 15.2 Å². The zero-order valence-corrected chi connectivity index (χ0v) is 18.0. The van der Waals surface area contributed by atoms with Crippen molar-refractivity contribution in [1.29, 1.82) is 0 Å². The molecule has 0 bridgehead atoms. The first kappa shape index (κ1) is 22.3. The molecule has 0 spiro atoms. The minimum Gasteiger partial charge on any atom is -0.487 e. The molecule has 0 saturated carbocycles. The summed E-state index contributed by atoms with van der Waals surface area (Å²) in [7, 11) is 0. The summed E-state index contributed by atoms with van der Waals surface area (Å²) in [5.41, 5.74) is 4.64. The number of benzene rings is 2. The van der Waals surface area contributed by atoms with Gasteiger partial charge in [0, 0.05) is 5.41 Å². The standard InChI is InChI=1S/C25H31NO3/c1-16(2)19-11-13-22(14-12-19)29-23(18(5)26-24(27)28)25(6,7)21-10-8-9-20(15-21)17(3)4/h8-15,18,23,26H,1,3H2,2,4-7H3,(H,27,28). The molecule has 2 atom stereocenters. The Morgan fingerprint density at radius 3 is 2.14 bits per heavy atom. The monoisotopic (exact) mass is 393 g/mol. The van der Waals surface area contributed by atoms with Crippen molar-refractivity contribution in [3.05, 3.63) is 78.4 Å². The predicted octanol–water partition coefficient (Wildman–Crippen LogP) is 6.13. The molecule has 154 valence electrons. The van der Waals surface area contributed by atoms with Crippen LogP contribution in [0.4, 0.5) is 4.79 Å². The van der Waals surface area contributed by atoms with Crippen molar-refractivity contribution in [2.75, 3.05) is 0 Å². The van der Waals surface area contributed by atoms with Gasteiger partial charge in [-0.15, -0.1) is 0 Å². The zero-order chi connectivity index (χ0) is 21.8. The maximum absolute atomic E-state index is 11.3. The normalized spacial score (nSPS) is 13.3. The Balaban J connectivity index is 2.43. The van der Waals surface area contributed by atoms with E-state index in [9.17, 15) is 9.90 Å². The van der Waals surface area contributed by atoms with Gasteiger partial charge >= 0.3 is 6.09 Å². The Labute approximate surface area is 173 Å². The highest BCUT2D eigenvalue weighted by atomic mass is 16.5. The number of allylic oxidation sites excluding steroid dienone is 2. The van der Waals surface area contributed by atoms with Crippen LogP contribution in [0.15, 0.2) is 61.7 Å². The highest BCUT2D eigenvalue weighted by molar-refractivity contribution is 5.65. The highest BCUT2D eigenvalue weighted by Gasteiger charge is 2.38. The summed E-state index contributed by atoms with van der Waals surface area (Å²) >= 11 is 0. The Bertz CT molecular complexity index is 897. The summed E-state index contributed by atoms with van der Waals surface area (Å²) in [6, 6.07) is 15.4. The van der Waals surface area contributed by atoms with Crippen LogP contribution in [0, 0.1) is 0 Å². The van der Waals surface area contributed by atoms with Crippen molar-refractivity contribution in [2.24, 2.45) is 0 Å². The summed E-state index contributed by atoms with van der Waals surface area (Å²) in [5.74, 6) is 0.683. The van der Waals surface area contributed by atoms with Crippen LogP contribution in [0.2, 0.25) is 0 Å². The molecule has 2 aromatic rings. The molecule has 0 aliphatic rings. The van der Waals surface area contributed by atoms with Gasteiger partial charge in [0.25, 0.3) is 0 Å². The summed E-state index contributed by atoms with van der Waals surface area (Å²) < 4.78 is 6.35. The van der Waals surface area contributed by atoms with Gasteiger partial charge in [0.15, 0.2) is 0 Å². The number of carbonyl (C=O) groups is 1. The number of nitrogens with one attached hydrogen (secondary N) is 1. The van der Waals surface area contributed by atoms with Gasteiger partial charge in [-0.25, -0.2) is 4.79 Å². The second-order valence-corrected chi connectivity index (χ2v) is 8.16. The number of ether oxygens (including phenoxy) is 1. The van der Waals surface area contributed by atoms with E-state index >= 15 is 0 Å². The molecule has 1 amide bonds. The lowest BCUT2D eigenvalue weighted by atomic mass is 9.76. The average molecular weight is 394 g/mol. The van der Waals surface area contributed by atoms with Gasteiger partial charge in [0.05, 0.1) is 6.04 Å². The van der Waals surface area contributed by atoms with Crippen LogP contribution in [0.5, 0.6) is 5.75 Å². The topological polar surface area (TPSA) is 58.6 Å². The van der Waals surface area contributed by atoms with Crippen LogP contribution >= 0.6 is 0 Å². The lowest BCUT2D eigenvalue weighted by Crippen LogP contribution is -2.52. The van der Waals surface area contributed by atoms with Gasteiger partial charge in [-0.05, 0) is 49.6 Å². The molecule has 2 N–H and O–H groups in total. The molecule has 0 radical (unpaired) electrons. The third-order valence-corrected chi connectivity index (χ3v) is 5.23. The maximum Gasteiger partial charge on any atom is 0.404 e. The van der Waals surface area contributed by atoms with Crippen LogP contribution in [-0.4, -0.2) is 23.3 Å². The SMILES string of the molecule is C=C(C)c1ccc(OC(C(C)NC(=O)O)C(C)(C)c2cccc(C(=C)C)c2)cc1. The molecule has 0 aromatic heterocycles. The second kappa shape index (κ2) is 8.99. The molecule has 29 heavy (non-hydrogen) atoms. The third-order valence-electron chi connectivity index (χ3n) is 5.23. The molecule has 4 nitrogen and oxygen atoms in total. The Morgan fingerprint density at radius 1 is 1.03 bits per heavy atom. The molecular weight excluding hydrogens is 362 g/mol. The fourth-order valence-corrected chi connectivity index (χ4v) is 3.46. The molecule has 0 fully saturated rings. The minimum absolute atomic E-state index is 0.434. The van der Waals surface area contributed by atoms with Crippen molar-refractivity contribution < 1.29 is 14.6 Å². The number of hydrogen-bond donors (Lipinski definition) is 2. The van der Waals surface area contributed by atoms with Crippen molar-refractivity contribution in [2.45, 2.75) is 52.2 Å². The van der Waals surface area contributed by atoms with E-state index in [-0.39, 0.29) is 0 Å². The van der Waals surface area contributed by atoms with Gasteiger partial charge in [0.2, 0.25) is 0 Å². The summed E-state index contributed by atoms with van der Waals surface area (Å²) in [6.07, 6.45) is -1.51. The molecule has 0 heterocycles. The Morgan fingerprint density at radius 2 is 1.62 bits per heavy atom. The number of rotatable bonds is 8. The largest absolute Gasteiger partial charge is 0.487 e. The first-order chi connectivity index (χ1) is 13.5. The molecule has 2 unspecified atom stereocenters. The molecule has 0 aliphatic heterocycles. The molecular formula is C25H31NO3. The maximum atomic E-state index is 11.3. The van der Waals surface area contributed by atoms with E-state index in [2.05, 4.69) is 38.4 Å². The first-order valence-corrected chi connectivity index (χ1v) is 9.71. The summed E-state index contributed by atoms with van der Waals surface area (Å²) in [6.45, 7) is 17.9. The number of hydrogen-bond acceptors (Lipinski definition) is 2. The van der Waals surface area contributed by atoms with E-state index < -0.39 is 23.7 Å². The van der Waals surface area contributed by atoms with E-state index in [1.807, 2.05) is 63.2 Å². The first-order valence-electron chi connectivity index (χ1n) is 9.71. The molecule has 4 heteroatoms. The predicted molar refractivity (Wildman–Crippen MR) is 120 cm³/mol. The van der Waals surface area contributed by atoms with Crippen LogP contribution < -0.4 is 10.1 Å². The summed E-state index contributed by atoms with van der Waals surface area (Å²) in [4.78, 5) is 11.3. The lowest BCUT2D eigenvalue weighted by molar-refractivity contribution is 0.0884. The van der Waals surface area contributed by atoms with Crippen molar-refractivity contribution in [1.82, 2.24) is 5.32 Å². The fraction of sp³-hybridized carbons (Fsp3) is 0.320. The van der Waals surface area contributed by atoms with Crippen LogP contribution in [0.1, 0.15) is 51.3 Å². The van der Waals surface area contributed by atoms with E-state index in [1.54, 1.807) is 0 Å². The van der Waals surface area contributed by atoms with E-state index in [0.717, 1.165) is 27.8 Å². The number of carboxylic acid groups (broad SMARTS) is 1. The Kier molecular flexibility index (Phi) is 6.91. The van der Waals surface area contributed by atoms with Crippen LogP contribution in [0.3, 0.4) is 0 Å². The second-order valence-electron chi connectivity index (χ2n) is 8.16. The molecule has 0 saturated heterocycles. The minimum atomic E-state index is -1.07. The van der Waals surface area contributed by atoms with Gasteiger partial charge in [-0.2, -0.15) is 0 Å². The smallest absolute Gasteiger partial charge is 0.404 e. The Hall–Kier alpha value is -3.01. The molecule has 0 aliphatic carbocycles.